The van der Waals surface area contributed by atoms with Crippen molar-refractivity contribution in [3.05, 3.63) is 60.2 Å². The molecule has 3 N–H and O–H groups in total. The van der Waals surface area contributed by atoms with Crippen molar-refractivity contribution < 1.29 is 4.79 Å². The molecule has 5 heteroatoms. The van der Waals surface area contributed by atoms with Gasteiger partial charge in [-0.05, 0) is 75.2 Å². The Kier molecular flexibility index (Phi) is 5.23. The van der Waals surface area contributed by atoms with Crippen LogP contribution in [0.25, 0.3) is 0 Å². The highest BCUT2D eigenvalue weighted by Crippen LogP contribution is 2.59. The Morgan fingerprint density at radius 1 is 0.794 bits per heavy atom. The van der Waals surface area contributed by atoms with E-state index in [0.717, 1.165) is 45.6 Å². The number of hydrogen-bond acceptors (Lipinski definition) is 4. The Morgan fingerprint density at radius 2 is 1.47 bits per heavy atom. The van der Waals surface area contributed by atoms with Gasteiger partial charge in [-0.2, -0.15) is 0 Å². The van der Waals surface area contributed by atoms with Gasteiger partial charge >= 0.3 is 0 Å². The number of fused-ring (bicyclic) bond motifs is 8. The SMILES string of the molecule is O=C1C2CCNCC2C2(c3ccccc3B(c3ccccc3)C3CCCNC32)C2CNCCC12. The molecule has 6 unspecified atom stereocenters. The molecule has 5 aliphatic rings. The highest BCUT2D eigenvalue weighted by molar-refractivity contribution is 6.87. The third kappa shape index (κ3) is 2.87. The van der Waals surface area contributed by atoms with Gasteiger partial charge in [0.2, 0.25) is 6.71 Å². The third-order valence-corrected chi connectivity index (χ3v) is 10.3. The summed E-state index contributed by atoms with van der Waals surface area (Å²) in [5.74, 6) is 2.28. The average molecular weight is 453 g/mol. The normalized spacial score (nSPS) is 39.1. The second-order valence-electron chi connectivity index (χ2n) is 11.5. The maximum absolute atomic E-state index is 13.9. The summed E-state index contributed by atoms with van der Waals surface area (Å²) in [5, 5.41) is 11.6. The molecule has 1 spiro atoms. The Hall–Kier alpha value is -1.95. The van der Waals surface area contributed by atoms with Gasteiger partial charge in [0.1, 0.15) is 5.78 Å². The van der Waals surface area contributed by atoms with E-state index in [4.69, 9.17) is 0 Å². The van der Waals surface area contributed by atoms with E-state index < -0.39 is 0 Å². The van der Waals surface area contributed by atoms with Gasteiger partial charge in [0.25, 0.3) is 0 Å². The molecule has 0 radical (unpaired) electrons. The van der Waals surface area contributed by atoms with Crippen LogP contribution in [-0.2, 0) is 10.2 Å². The lowest BCUT2D eigenvalue weighted by molar-refractivity contribution is -0.146. The van der Waals surface area contributed by atoms with Crippen molar-refractivity contribution in [3.63, 3.8) is 0 Å². The molecule has 2 aromatic rings. The summed E-state index contributed by atoms with van der Waals surface area (Å²) in [5.41, 5.74) is 4.52. The molecule has 1 saturated carbocycles. The molecule has 2 aromatic carbocycles. The molecule has 4 aliphatic heterocycles. The van der Waals surface area contributed by atoms with Crippen LogP contribution in [0.2, 0.25) is 5.82 Å². The predicted molar refractivity (Wildman–Crippen MR) is 138 cm³/mol. The molecule has 1 aliphatic carbocycles. The van der Waals surface area contributed by atoms with Crippen LogP contribution in [0.5, 0.6) is 0 Å². The molecular formula is C29H36BN3O. The van der Waals surface area contributed by atoms with Crippen molar-refractivity contribution in [2.24, 2.45) is 23.7 Å². The van der Waals surface area contributed by atoms with Gasteiger partial charge in [-0.15, -0.1) is 0 Å². The first-order valence-corrected chi connectivity index (χ1v) is 13.6. The first-order chi connectivity index (χ1) is 16.8. The summed E-state index contributed by atoms with van der Waals surface area (Å²) < 4.78 is 0. The fourth-order valence-corrected chi connectivity index (χ4v) is 9.26. The molecular weight excluding hydrogens is 417 g/mol. The molecule has 6 atom stereocenters. The summed E-state index contributed by atoms with van der Waals surface area (Å²) in [7, 11) is 0. The lowest BCUT2D eigenvalue weighted by Gasteiger charge is -2.66. The molecule has 0 bridgehead atoms. The summed E-state index contributed by atoms with van der Waals surface area (Å²) in [6.45, 7) is 5.41. The van der Waals surface area contributed by atoms with Gasteiger partial charge in [0.05, 0.1) is 0 Å². The number of carbonyl (C=O) groups excluding carboxylic acids is 1. The lowest BCUT2D eigenvalue weighted by atomic mass is 9.24. The minimum absolute atomic E-state index is 0.00293. The van der Waals surface area contributed by atoms with E-state index in [1.54, 1.807) is 5.56 Å². The molecule has 176 valence electrons. The molecule has 4 nitrogen and oxygen atoms in total. The van der Waals surface area contributed by atoms with Crippen LogP contribution >= 0.6 is 0 Å². The smallest absolute Gasteiger partial charge is 0.214 e. The van der Waals surface area contributed by atoms with Crippen molar-refractivity contribution in [2.45, 2.75) is 43.0 Å². The number of piperidine rings is 3. The molecule has 7 rings (SSSR count). The van der Waals surface area contributed by atoms with Crippen LogP contribution in [0.4, 0.5) is 0 Å². The number of Topliss-reactive ketones (excluding diaryl/α,β-unsaturated/α-hetero) is 1. The monoisotopic (exact) mass is 453 g/mol. The van der Waals surface area contributed by atoms with Crippen molar-refractivity contribution in [3.8, 4) is 0 Å². The van der Waals surface area contributed by atoms with Gasteiger partial charge in [0.15, 0.2) is 0 Å². The second kappa shape index (κ2) is 8.32. The maximum atomic E-state index is 13.9. The standard InChI is InChI=1S/C29H36BN3O/c34-27-20-12-15-31-17-23(20)29(24-18-32-16-13-21(24)27)22-9-4-5-10-25(22)30(19-7-2-1-3-8-19)26-11-6-14-33-28(26)29/h1-5,7-10,20-21,23-24,26,28,31-33H,6,11-18H2. The first-order valence-electron chi connectivity index (χ1n) is 13.6. The van der Waals surface area contributed by atoms with E-state index in [1.807, 2.05) is 0 Å². The minimum atomic E-state index is -0.00293. The summed E-state index contributed by atoms with van der Waals surface area (Å²) in [6.07, 6.45) is 4.50. The Labute approximate surface area is 203 Å². The molecule has 0 aromatic heterocycles. The molecule has 4 fully saturated rings. The van der Waals surface area contributed by atoms with Crippen LogP contribution in [0, 0.1) is 23.7 Å². The zero-order valence-corrected chi connectivity index (χ0v) is 20.0. The fraction of sp³-hybridized carbons (Fsp3) is 0.552. The quantitative estimate of drug-likeness (QED) is 0.576. The number of hydrogen-bond donors (Lipinski definition) is 3. The average Bonchev–Trinajstić information content (AvgIpc) is 2.91. The van der Waals surface area contributed by atoms with E-state index in [2.05, 4.69) is 70.5 Å². The van der Waals surface area contributed by atoms with E-state index in [9.17, 15) is 4.79 Å². The minimum Gasteiger partial charge on any atom is -0.316 e. The van der Waals surface area contributed by atoms with Crippen molar-refractivity contribution in [1.82, 2.24) is 16.0 Å². The van der Waals surface area contributed by atoms with Crippen LogP contribution < -0.4 is 26.9 Å². The lowest BCUT2D eigenvalue weighted by Crippen LogP contribution is -2.77. The van der Waals surface area contributed by atoms with Gasteiger partial charge < -0.3 is 16.0 Å². The largest absolute Gasteiger partial charge is 0.316 e. The Morgan fingerprint density at radius 3 is 2.21 bits per heavy atom. The van der Waals surface area contributed by atoms with Crippen molar-refractivity contribution in [2.75, 3.05) is 32.7 Å². The van der Waals surface area contributed by atoms with Crippen molar-refractivity contribution in [1.29, 1.82) is 0 Å². The van der Waals surface area contributed by atoms with E-state index >= 15 is 0 Å². The highest BCUT2D eigenvalue weighted by Gasteiger charge is 2.67. The summed E-state index contributed by atoms with van der Waals surface area (Å²) in [6, 6.07) is 21.0. The number of ketones is 1. The number of rotatable bonds is 1. The summed E-state index contributed by atoms with van der Waals surface area (Å²) in [4.78, 5) is 13.9. The van der Waals surface area contributed by atoms with Crippen LogP contribution in [0.15, 0.2) is 54.6 Å². The first kappa shape index (κ1) is 21.3. The molecule has 0 amide bonds. The zero-order valence-electron chi connectivity index (χ0n) is 20.0. The topological polar surface area (TPSA) is 53.2 Å². The van der Waals surface area contributed by atoms with Crippen LogP contribution in [0.3, 0.4) is 0 Å². The van der Waals surface area contributed by atoms with Crippen LogP contribution in [-0.4, -0.2) is 51.3 Å². The maximum Gasteiger partial charge on any atom is 0.214 e. The van der Waals surface area contributed by atoms with E-state index in [0.29, 0.717) is 36.2 Å². The Bertz CT molecular complexity index is 1050. The third-order valence-electron chi connectivity index (χ3n) is 10.3. The highest BCUT2D eigenvalue weighted by atomic mass is 16.1. The predicted octanol–water partition coefficient (Wildman–Crippen LogP) is 1.70. The van der Waals surface area contributed by atoms with Gasteiger partial charge in [-0.3, -0.25) is 4.79 Å². The molecule has 3 saturated heterocycles. The fourth-order valence-electron chi connectivity index (χ4n) is 9.26. The van der Waals surface area contributed by atoms with E-state index in [1.165, 1.54) is 23.8 Å². The van der Waals surface area contributed by atoms with Gasteiger partial charge in [0, 0.05) is 23.3 Å². The number of carbonyl (C=O) groups is 1. The van der Waals surface area contributed by atoms with E-state index in [-0.39, 0.29) is 17.3 Å². The molecule has 4 heterocycles. The number of nitrogens with one attached hydrogen (secondary N) is 3. The van der Waals surface area contributed by atoms with Crippen LogP contribution in [0.1, 0.15) is 31.2 Å². The van der Waals surface area contributed by atoms with Crippen molar-refractivity contribution >= 4 is 23.4 Å². The second-order valence-corrected chi connectivity index (χ2v) is 11.5. The van der Waals surface area contributed by atoms with Gasteiger partial charge in [-0.1, -0.05) is 71.9 Å². The summed E-state index contributed by atoms with van der Waals surface area (Å²) >= 11 is 0. The Balaban J connectivity index is 1.50. The zero-order chi connectivity index (χ0) is 22.7. The van der Waals surface area contributed by atoms with Gasteiger partial charge in [-0.25, -0.2) is 0 Å². The number of benzene rings is 2. The molecule has 34 heavy (non-hydrogen) atoms.